The fourth-order valence-corrected chi connectivity index (χ4v) is 4.05. The zero-order valence-corrected chi connectivity index (χ0v) is 12.7. The summed E-state index contributed by atoms with van der Waals surface area (Å²) in [5, 5.41) is 3.60. The van der Waals surface area contributed by atoms with E-state index in [1.54, 1.807) is 11.1 Å². The first kappa shape index (κ1) is 13.6. The Morgan fingerprint density at radius 2 is 2.21 bits per heavy atom. The molecule has 2 saturated heterocycles. The second-order valence-corrected chi connectivity index (χ2v) is 7.16. The number of nitrogens with one attached hydrogen (secondary N) is 1. The van der Waals surface area contributed by atoms with Crippen molar-refractivity contribution in [1.82, 2.24) is 10.2 Å². The lowest BCUT2D eigenvalue weighted by molar-refractivity contribution is 0.0178. The molecule has 0 aromatic heterocycles. The molecule has 2 heterocycles. The lowest BCUT2D eigenvalue weighted by atomic mass is 9.72. The molecule has 3 aliphatic rings. The Morgan fingerprint density at radius 3 is 2.95 bits per heavy atom. The minimum absolute atomic E-state index is 0.393. The Morgan fingerprint density at radius 1 is 1.37 bits per heavy atom. The number of allylic oxidation sites excluding steroid dienone is 1. The number of rotatable bonds is 2. The van der Waals surface area contributed by atoms with E-state index >= 15 is 0 Å². The third-order valence-electron chi connectivity index (χ3n) is 5.25. The maximum atomic E-state index is 5.88. The van der Waals surface area contributed by atoms with Gasteiger partial charge in [0.05, 0.1) is 12.7 Å². The molecule has 2 fully saturated rings. The van der Waals surface area contributed by atoms with Crippen molar-refractivity contribution in [3.63, 3.8) is 0 Å². The second-order valence-electron chi connectivity index (χ2n) is 7.16. The van der Waals surface area contributed by atoms with Crippen LogP contribution in [0.1, 0.15) is 40.0 Å². The largest absolute Gasteiger partial charge is 0.374 e. The standard InChI is InChI=1S/C16H28N2O/c1-12-5-4-6-16(2,3)13(12)9-18-10-14-15(11-18)19-8-7-17-14/h14-15,17H,4-11H2,1-3H3. The van der Waals surface area contributed by atoms with Crippen molar-refractivity contribution in [2.75, 3.05) is 32.8 Å². The van der Waals surface area contributed by atoms with E-state index in [9.17, 15) is 0 Å². The smallest absolute Gasteiger partial charge is 0.0867 e. The summed E-state index contributed by atoms with van der Waals surface area (Å²) in [5.74, 6) is 0. The molecule has 19 heavy (non-hydrogen) atoms. The molecule has 1 N–H and O–H groups in total. The number of nitrogens with zero attached hydrogens (tertiary/aromatic N) is 1. The van der Waals surface area contributed by atoms with Gasteiger partial charge in [0.25, 0.3) is 0 Å². The first-order valence-electron chi connectivity index (χ1n) is 7.83. The predicted octanol–water partition coefficient (Wildman–Crippen LogP) is 2.19. The van der Waals surface area contributed by atoms with Crippen molar-refractivity contribution in [3.05, 3.63) is 11.1 Å². The van der Waals surface area contributed by atoms with E-state index < -0.39 is 0 Å². The minimum Gasteiger partial charge on any atom is -0.374 e. The van der Waals surface area contributed by atoms with Gasteiger partial charge in [0.15, 0.2) is 0 Å². The number of morpholine rings is 1. The van der Waals surface area contributed by atoms with Crippen LogP contribution in [0.2, 0.25) is 0 Å². The van der Waals surface area contributed by atoms with Gasteiger partial charge in [-0.15, -0.1) is 0 Å². The molecule has 2 atom stereocenters. The maximum absolute atomic E-state index is 5.88. The Kier molecular flexibility index (Phi) is 3.71. The molecule has 2 unspecified atom stereocenters. The fourth-order valence-electron chi connectivity index (χ4n) is 4.05. The summed E-state index contributed by atoms with van der Waals surface area (Å²) in [4.78, 5) is 2.60. The highest BCUT2D eigenvalue weighted by Gasteiger charge is 2.37. The highest BCUT2D eigenvalue weighted by molar-refractivity contribution is 5.24. The van der Waals surface area contributed by atoms with Gasteiger partial charge < -0.3 is 10.1 Å². The van der Waals surface area contributed by atoms with E-state index in [-0.39, 0.29) is 0 Å². The molecule has 3 nitrogen and oxygen atoms in total. The van der Waals surface area contributed by atoms with Gasteiger partial charge >= 0.3 is 0 Å². The van der Waals surface area contributed by atoms with Crippen molar-refractivity contribution in [2.45, 2.75) is 52.2 Å². The molecule has 108 valence electrons. The quantitative estimate of drug-likeness (QED) is 0.774. The molecule has 0 bridgehead atoms. The van der Waals surface area contributed by atoms with Crippen LogP contribution < -0.4 is 5.32 Å². The summed E-state index contributed by atoms with van der Waals surface area (Å²) >= 11 is 0. The summed E-state index contributed by atoms with van der Waals surface area (Å²) < 4.78 is 5.88. The molecule has 0 saturated carbocycles. The van der Waals surface area contributed by atoms with E-state index in [2.05, 4.69) is 31.0 Å². The van der Waals surface area contributed by atoms with E-state index in [0.29, 0.717) is 17.6 Å². The summed E-state index contributed by atoms with van der Waals surface area (Å²) in [6, 6.07) is 0.557. The van der Waals surface area contributed by atoms with Crippen LogP contribution >= 0.6 is 0 Å². The SMILES string of the molecule is CC1=C(CN2CC3NCCOC3C2)C(C)(C)CCC1. The lowest BCUT2D eigenvalue weighted by Gasteiger charge is -2.36. The van der Waals surface area contributed by atoms with E-state index in [1.165, 1.54) is 19.3 Å². The van der Waals surface area contributed by atoms with Crippen LogP contribution in [0.4, 0.5) is 0 Å². The molecular weight excluding hydrogens is 236 g/mol. The third kappa shape index (κ3) is 2.74. The molecule has 3 heteroatoms. The van der Waals surface area contributed by atoms with Gasteiger partial charge in [0, 0.05) is 32.2 Å². The lowest BCUT2D eigenvalue weighted by Crippen LogP contribution is -2.47. The monoisotopic (exact) mass is 264 g/mol. The van der Waals surface area contributed by atoms with Crippen LogP contribution in [0.3, 0.4) is 0 Å². The van der Waals surface area contributed by atoms with Crippen molar-refractivity contribution >= 4 is 0 Å². The van der Waals surface area contributed by atoms with Crippen molar-refractivity contribution in [1.29, 1.82) is 0 Å². The molecule has 0 spiro atoms. The number of hydrogen-bond acceptors (Lipinski definition) is 3. The van der Waals surface area contributed by atoms with Crippen LogP contribution in [0.25, 0.3) is 0 Å². The van der Waals surface area contributed by atoms with Crippen LogP contribution in [-0.2, 0) is 4.74 Å². The maximum Gasteiger partial charge on any atom is 0.0867 e. The van der Waals surface area contributed by atoms with Crippen molar-refractivity contribution in [3.8, 4) is 0 Å². The number of fused-ring (bicyclic) bond motifs is 1. The predicted molar refractivity (Wildman–Crippen MR) is 78.3 cm³/mol. The van der Waals surface area contributed by atoms with Gasteiger partial charge in [-0.05, 0) is 31.6 Å². The average molecular weight is 264 g/mol. The summed E-state index contributed by atoms with van der Waals surface area (Å²) in [6.07, 6.45) is 4.42. The summed E-state index contributed by atoms with van der Waals surface area (Å²) in [5.41, 5.74) is 3.72. The topological polar surface area (TPSA) is 24.5 Å². The molecule has 2 aliphatic heterocycles. The Bertz CT molecular complexity index is 361. The van der Waals surface area contributed by atoms with Gasteiger partial charge in [-0.2, -0.15) is 0 Å². The highest BCUT2D eigenvalue weighted by Crippen LogP contribution is 2.40. The van der Waals surface area contributed by atoms with Gasteiger partial charge in [0.2, 0.25) is 0 Å². The minimum atomic E-state index is 0.393. The average Bonchev–Trinajstić information content (AvgIpc) is 2.76. The first-order valence-corrected chi connectivity index (χ1v) is 7.83. The van der Waals surface area contributed by atoms with Gasteiger partial charge in [-0.25, -0.2) is 0 Å². The van der Waals surface area contributed by atoms with Crippen LogP contribution in [-0.4, -0.2) is 49.8 Å². The highest BCUT2D eigenvalue weighted by atomic mass is 16.5. The van der Waals surface area contributed by atoms with Crippen molar-refractivity contribution < 1.29 is 4.74 Å². The Hall–Kier alpha value is -0.380. The zero-order valence-electron chi connectivity index (χ0n) is 12.7. The normalized spacial score (nSPS) is 35.5. The van der Waals surface area contributed by atoms with E-state index in [1.807, 2.05) is 0 Å². The van der Waals surface area contributed by atoms with Crippen LogP contribution in [0.15, 0.2) is 11.1 Å². The van der Waals surface area contributed by atoms with E-state index in [0.717, 1.165) is 32.8 Å². The fraction of sp³-hybridized carbons (Fsp3) is 0.875. The number of ether oxygens (including phenoxy) is 1. The summed E-state index contributed by atoms with van der Waals surface area (Å²) in [6.45, 7) is 12.5. The molecule has 3 rings (SSSR count). The molecule has 0 aromatic carbocycles. The van der Waals surface area contributed by atoms with Crippen molar-refractivity contribution in [2.24, 2.45) is 5.41 Å². The molecule has 0 radical (unpaired) electrons. The Balaban J connectivity index is 1.68. The summed E-state index contributed by atoms with van der Waals surface area (Å²) in [7, 11) is 0. The Labute approximate surface area is 117 Å². The first-order chi connectivity index (χ1) is 9.06. The van der Waals surface area contributed by atoms with Crippen LogP contribution in [0.5, 0.6) is 0 Å². The molecule has 0 aromatic rings. The number of likely N-dealkylation sites (tertiary alicyclic amines) is 1. The van der Waals surface area contributed by atoms with Gasteiger partial charge in [-0.1, -0.05) is 25.0 Å². The number of hydrogen-bond donors (Lipinski definition) is 1. The van der Waals surface area contributed by atoms with Crippen LogP contribution in [0, 0.1) is 5.41 Å². The van der Waals surface area contributed by atoms with Gasteiger partial charge in [0.1, 0.15) is 0 Å². The second kappa shape index (κ2) is 5.19. The molecule has 0 amide bonds. The van der Waals surface area contributed by atoms with E-state index in [4.69, 9.17) is 4.74 Å². The third-order valence-corrected chi connectivity index (χ3v) is 5.25. The zero-order chi connectivity index (χ0) is 13.5. The van der Waals surface area contributed by atoms with Gasteiger partial charge in [-0.3, -0.25) is 4.90 Å². The molecule has 1 aliphatic carbocycles. The molecular formula is C16H28N2O.